The Balaban J connectivity index is 1.68. The number of amides is 2. The molecule has 2 aliphatic rings. The Kier molecular flexibility index (Phi) is 4.43. The van der Waals surface area contributed by atoms with Crippen LogP contribution in [0.3, 0.4) is 0 Å². The van der Waals surface area contributed by atoms with Gasteiger partial charge < -0.3 is 15.0 Å². The monoisotopic (exact) mass is 302 g/mol. The van der Waals surface area contributed by atoms with Gasteiger partial charge in [0.15, 0.2) is 0 Å². The minimum atomic E-state index is -0.313. The maximum Gasteiger partial charge on any atom is 0.254 e. The molecule has 0 bridgehead atoms. The fourth-order valence-corrected chi connectivity index (χ4v) is 2.88. The minimum Gasteiger partial charge on any atom is -0.380 e. The smallest absolute Gasteiger partial charge is 0.254 e. The molecule has 3 rings (SSSR count). The van der Waals surface area contributed by atoms with Crippen LogP contribution in [0.4, 0.5) is 0 Å². The standard InChI is InChI=1S/C17H22N2O3/c1-22-11-12-4-6-13(7-5-12)17(21)19-10-2-3-15(19)16(20)18-14-8-9-14/h4-7,14-15H,2-3,8-11H2,1H3,(H,18,20). The van der Waals surface area contributed by atoms with Crippen LogP contribution >= 0.6 is 0 Å². The molecule has 1 aliphatic carbocycles. The summed E-state index contributed by atoms with van der Waals surface area (Å²) in [4.78, 5) is 26.6. The highest BCUT2D eigenvalue weighted by molar-refractivity contribution is 5.98. The zero-order valence-electron chi connectivity index (χ0n) is 12.9. The van der Waals surface area contributed by atoms with E-state index in [-0.39, 0.29) is 17.9 Å². The Morgan fingerprint density at radius 3 is 2.59 bits per heavy atom. The molecule has 1 saturated heterocycles. The van der Waals surface area contributed by atoms with Crippen LogP contribution in [-0.2, 0) is 16.1 Å². The Bertz CT molecular complexity index is 552. The summed E-state index contributed by atoms with van der Waals surface area (Å²) in [5.74, 6) is -0.0539. The van der Waals surface area contributed by atoms with Gasteiger partial charge in [0.25, 0.3) is 5.91 Å². The topological polar surface area (TPSA) is 58.6 Å². The van der Waals surface area contributed by atoms with Crippen LogP contribution in [0.15, 0.2) is 24.3 Å². The third-order valence-electron chi connectivity index (χ3n) is 4.25. The van der Waals surface area contributed by atoms with Gasteiger partial charge in [-0.1, -0.05) is 12.1 Å². The third-order valence-corrected chi connectivity index (χ3v) is 4.25. The van der Waals surface area contributed by atoms with Crippen LogP contribution in [0.5, 0.6) is 0 Å². The molecule has 1 N–H and O–H groups in total. The molecule has 22 heavy (non-hydrogen) atoms. The Morgan fingerprint density at radius 1 is 1.23 bits per heavy atom. The van der Waals surface area contributed by atoms with E-state index >= 15 is 0 Å². The highest BCUT2D eigenvalue weighted by Gasteiger charge is 2.36. The van der Waals surface area contributed by atoms with Crippen LogP contribution in [0, 0.1) is 0 Å². The highest BCUT2D eigenvalue weighted by Crippen LogP contribution is 2.23. The van der Waals surface area contributed by atoms with Gasteiger partial charge in [0, 0.05) is 25.3 Å². The lowest BCUT2D eigenvalue weighted by molar-refractivity contribution is -0.125. The summed E-state index contributed by atoms with van der Waals surface area (Å²) in [6.45, 7) is 1.19. The molecule has 0 radical (unpaired) electrons. The van der Waals surface area contributed by atoms with Crippen molar-refractivity contribution in [2.24, 2.45) is 0 Å². The third kappa shape index (κ3) is 3.30. The molecule has 2 fully saturated rings. The number of hydrogen-bond acceptors (Lipinski definition) is 3. The lowest BCUT2D eigenvalue weighted by Crippen LogP contribution is -2.46. The lowest BCUT2D eigenvalue weighted by Gasteiger charge is -2.24. The number of nitrogens with one attached hydrogen (secondary N) is 1. The first-order chi connectivity index (χ1) is 10.7. The van der Waals surface area contributed by atoms with Crippen LogP contribution in [-0.4, -0.2) is 42.5 Å². The maximum absolute atomic E-state index is 12.6. The molecule has 0 spiro atoms. The Morgan fingerprint density at radius 2 is 1.95 bits per heavy atom. The first kappa shape index (κ1) is 15.0. The summed E-state index contributed by atoms with van der Waals surface area (Å²) in [7, 11) is 1.65. The van der Waals surface area contributed by atoms with Crippen molar-refractivity contribution in [3.05, 3.63) is 35.4 Å². The number of carbonyl (C=O) groups excluding carboxylic acids is 2. The van der Waals surface area contributed by atoms with Crippen molar-refractivity contribution in [2.75, 3.05) is 13.7 Å². The largest absolute Gasteiger partial charge is 0.380 e. The number of rotatable bonds is 5. The van der Waals surface area contributed by atoms with Gasteiger partial charge in [-0.2, -0.15) is 0 Å². The fourth-order valence-electron chi connectivity index (χ4n) is 2.88. The fraction of sp³-hybridized carbons (Fsp3) is 0.529. The molecule has 1 aromatic rings. The molecule has 5 nitrogen and oxygen atoms in total. The molecule has 5 heteroatoms. The average molecular weight is 302 g/mol. The SMILES string of the molecule is COCc1ccc(C(=O)N2CCCC2C(=O)NC2CC2)cc1. The molecule has 118 valence electrons. The summed E-state index contributed by atoms with van der Waals surface area (Å²) in [6, 6.07) is 7.43. The molecule has 1 aromatic carbocycles. The van der Waals surface area contributed by atoms with Gasteiger partial charge in [0.05, 0.1) is 6.61 Å². The minimum absolute atomic E-state index is 0.00403. The van der Waals surface area contributed by atoms with Gasteiger partial charge in [0.2, 0.25) is 5.91 Å². The van der Waals surface area contributed by atoms with Crippen LogP contribution in [0.2, 0.25) is 0 Å². The summed E-state index contributed by atoms with van der Waals surface area (Å²) in [5, 5.41) is 3.01. The highest BCUT2D eigenvalue weighted by atomic mass is 16.5. The predicted octanol–water partition coefficient (Wildman–Crippen LogP) is 1.72. The molecule has 1 atom stereocenters. The normalized spacial score (nSPS) is 21.0. The molecular weight excluding hydrogens is 280 g/mol. The van der Waals surface area contributed by atoms with Crippen molar-refractivity contribution in [3.8, 4) is 0 Å². The number of carbonyl (C=O) groups is 2. The van der Waals surface area contributed by atoms with Crippen molar-refractivity contribution >= 4 is 11.8 Å². The van der Waals surface area contributed by atoms with E-state index < -0.39 is 0 Å². The first-order valence-corrected chi connectivity index (χ1v) is 7.88. The van der Waals surface area contributed by atoms with E-state index in [2.05, 4.69) is 5.32 Å². The zero-order valence-corrected chi connectivity index (χ0v) is 12.9. The zero-order chi connectivity index (χ0) is 15.5. The molecule has 1 aliphatic heterocycles. The van der Waals surface area contributed by atoms with Crippen LogP contribution in [0.1, 0.15) is 41.6 Å². The van der Waals surface area contributed by atoms with Gasteiger partial charge in [-0.15, -0.1) is 0 Å². The van der Waals surface area contributed by atoms with Crippen molar-refractivity contribution in [2.45, 2.75) is 44.4 Å². The summed E-state index contributed by atoms with van der Waals surface area (Å²) in [5.41, 5.74) is 1.66. The number of benzene rings is 1. The van der Waals surface area contributed by atoms with Gasteiger partial charge in [0.1, 0.15) is 6.04 Å². The maximum atomic E-state index is 12.6. The number of ether oxygens (including phenoxy) is 1. The van der Waals surface area contributed by atoms with Crippen molar-refractivity contribution in [1.29, 1.82) is 0 Å². The first-order valence-electron chi connectivity index (χ1n) is 7.88. The molecule has 1 saturated carbocycles. The average Bonchev–Trinajstić information content (AvgIpc) is 3.19. The van der Waals surface area contributed by atoms with E-state index in [1.165, 1.54) is 0 Å². The van der Waals surface area contributed by atoms with Gasteiger partial charge in [-0.25, -0.2) is 0 Å². The van der Waals surface area contributed by atoms with Crippen LogP contribution in [0.25, 0.3) is 0 Å². The number of hydrogen-bond donors (Lipinski definition) is 1. The van der Waals surface area contributed by atoms with Crippen molar-refractivity contribution in [1.82, 2.24) is 10.2 Å². The van der Waals surface area contributed by atoms with E-state index in [1.807, 2.05) is 24.3 Å². The van der Waals surface area contributed by atoms with Crippen LogP contribution < -0.4 is 5.32 Å². The summed E-state index contributed by atoms with van der Waals surface area (Å²) >= 11 is 0. The van der Waals surface area contributed by atoms with E-state index in [0.29, 0.717) is 24.8 Å². The quantitative estimate of drug-likeness (QED) is 0.901. The Hall–Kier alpha value is -1.88. The summed E-state index contributed by atoms with van der Waals surface area (Å²) < 4.78 is 5.07. The molecule has 2 amide bonds. The van der Waals surface area contributed by atoms with Crippen molar-refractivity contribution < 1.29 is 14.3 Å². The number of methoxy groups -OCH3 is 1. The van der Waals surface area contributed by atoms with E-state index in [4.69, 9.17) is 4.74 Å². The molecule has 1 heterocycles. The second-order valence-electron chi connectivity index (χ2n) is 6.07. The van der Waals surface area contributed by atoms with E-state index in [0.717, 1.165) is 31.2 Å². The molecule has 1 unspecified atom stereocenters. The molecular formula is C17H22N2O3. The lowest BCUT2D eigenvalue weighted by atomic mass is 10.1. The van der Waals surface area contributed by atoms with Gasteiger partial charge >= 0.3 is 0 Å². The number of nitrogens with zero attached hydrogens (tertiary/aromatic N) is 1. The second-order valence-corrected chi connectivity index (χ2v) is 6.07. The van der Waals surface area contributed by atoms with Crippen molar-refractivity contribution in [3.63, 3.8) is 0 Å². The second kappa shape index (κ2) is 6.48. The Labute approximate surface area is 130 Å². The van der Waals surface area contributed by atoms with Gasteiger partial charge in [-0.3, -0.25) is 9.59 Å². The van der Waals surface area contributed by atoms with E-state index in [1.54, 1.807) is 12.0 Å². The van der Waals surface area contributed by atoms with Gasteiger partial charge in [-0.05, 0) is 43.4 Å². The predicted molar refractivity (Wildman–Crippen MR) is 82.4 cm³/mol. The van der Waals surface area contributed by atoms with E-state index in [9.17, 15) is 9.59 Å². The number of likely N-dealkylation sites (tertiary alicyclic amines) is 1. The molecule has 0 aromatic heterocycles. The summed E-state index contributed by atoms with van der Waals surface area (Å²) in [6.07, 6.45) is 3.77.